The van der Waals surface area contributed by atoms with E-state index < -0.39 is 0 Å². The number of ether oxygens (including phenoxy) is 1. The highest BCUT2D eigenvalue weighted by atomic mass is 16.6. The highest BCUT2D eigenvalue weighted by Gasteiger charge is 2.25. The fraction of sp³-hybridized carbons (Fsp3) is 0.588. The second-order valence-electron chi connectivity index (χ2n) is 5.67. The van der Waals surface area contributed by atoms with E-state index in [0.29, 0.717) is 25.2 Å². The van der Waals surface area contributed by atoms with Gasteiger partial charge in [-0.2, -0.15) is 5.48 Å². The maximum absolute atomic E-state index is 10.8. The van der Waals surface area contributed by atoms with Crippen molar-refractivity contribution in [3.8, 4) is 0 Å². The first-order valence-electron chi connectivity index (χ1n) is 7.80. The van der Waals surface area contributed by atoms with Crippen LogP contribution in [0.15, 0.2) is 30.3 Å². The van der Waals surface area contributed by atoms with E-state index in [1.807, 2.05) is 18.2 Å². The molecule has 4 heteroatoms. The van der Waals surface area contributed by atoms with Gasteiger partial charge in [-0.05, 0) is 30.7 Å². The SMILES string of the molecule is CC(=O)OCC[C@@H]1CCCC[C@@H]1NOCc1ccccc1. The molecule has 1 aromatic carbocycles. The van der Waals surface area contributed by atoms with Crippen LogP contribution in [0.2, 0.25) is 0 Å². The van der Waals surface area contributed by atoms with Gasteiger partial charge in [0.1, 0.15) is 0 Å². The van der Waals surface area contributed by atoms with Crippen LogP contribution in [0.25, 0.3) is 0 Å². The number of benzene rings is 1. The lowest BCUT2D eigenvalue weighted by molar-refractivity contribution is -0.141. The van der Waals surface area contributed by atoms with E-state index in [2.05, 4.69) is 17.6 Å². The Kier molecular flexibility index (Phi) is 6.70. The normalized spacial score (nSPS) is 22.0. The molecule has 21 heavy (non-hydrogen) atoms. The van der Waals surface area contributed by atoms with E-state index >= 15 is 0 Å². The summed E-state index contributed by atoms with van der Waals surface area (Å²) in [6, 6.07) is 10.5. The van der Waals surface area contributed by atoms with Crippen LogP contribution in [-0.4, -0.2) is 18.6 Å². The molecule has 0 spiro atoms. The van der Waals surface area contributed by atoms with Gasteiger partial charge in [-0.25, -0.2) is 0 Å². The summed E-state index contributed by atoms with van der Waals surface area (Å²) in [5.41, 5.74) is 4.38. The molecule has 0 unspecified atom stereocenters. The number of carbonyl (C=O) groups excluding carboxylic acids is 1. The standard InChI is InChI=1S/C17H25NO3/c1-14(19)20-12-11-16-9-5-6-10-17(16)18-21-13-15-7-3-2-4-8-15/h2-4,7-8,16-18H,5-6,9-13H2,1H3/t16-,17-/m0/s1. The van der Waals surface area contributed by atoms with E-state index in [9.17, 15) is 4.79 Å². The van der Waals surface area contributed by atoms with E-state index in [-0.39, 0.29) is 5.97 Å². The minimum atomic E-state index is -0.198. The lowest BCUT2D eigenvalue weighted by Crippen LogP contribution is -2.39. The third-order valence-corrected chi connectivity index (χ3v) is 4.02. The Balaban J connectivity index is 1.72. The molecule has 1 aromatic rings. The molecule has 1 saturated carbocycles. The lowest BCUT2D eigenvalue weighted by Gasteiger charge is -2.31. The molecule has 2 atom stereocenters. The smallest absolute Gasteiger partial charge is 0.302 e. The monoisotopic (exact) mass is 291 g/mol. The average molecular weight is 291 g/mol. The lowest BCUT2D eigenvalue weighted by atomic mass is 9.83. The van der Waals surface area contributed by atoms with Crippen molar-refractivity contribution in [2.75, 3.05) is 6.61 Å². The molecular formula is C17H25NO3. The van der Waals surface area contributed by atoms with E-state index in [0.717, 1.165) is 18.4 Å². The predicted molar refractivity (Wildman–Crippen MR) is 81.4 cm³/mol. The topological polar surface area (TPSA) is 47.6 Å². The number of nitrogens with one attached hydrogen (secondary N) is 1. The van der Waals surface area contributed by atoms with Crippen LogP contribution in [0.1, 0.15) is 44.6 Å². The third kappa shape index (κ3) is 5.86. The Morgan fingerprint density at radius 2 is 2.00 bits per heavy atom. The van der Waals surface area contributed by atoms with E-state index in [1.54, 1.807) is 0 Å². The third-order valence-electron chi connectivity index (χ3n) is 4.02. The zero-order chi connectivity index (χ0) is 14.9. The number of rotatable bonds is 7. The molecule has 0 aromatic heterocycles. The number of hydroxylamine groups is 1. The van der Waals surface area contributed by atoms with E-state index in [1.165, 1.54) is 26.2 Å². The van der Waals surface area contributed by atoms with Gasteiger partial charge in [0.05, 0.1) is 13.2 Å². The maximum atomic E-state index is 10.8. The number of hydrogen-bond donors (Lipinski definition) is 1. The zero-order valence-corrected chi connectivity index (χ0v) is 12.7. The highest BCUT2D eigenvalue weighted by molar-refractivity contribution is 5.65. The number of hydrogen-bond acceptors (Lipinski definition) is 4. The summed E-state index contributed by atoms with van der Waals surface area (Å²) in [5, 5.41) is 0. The van der Waals surface area contributed by atoms with Gasteiger partial charge in [0, 0.05) is 13.0 Å². The van der Waals surface area contributed by atoms with Crippen LogP contribution < -0.4 is 5.48 Å². The van der Waals surface area contributed by atoms with Crippen LogP contribution in [-0.2, 0) is 21.0 Å². The van der Waals surface area contributed by atoms with Crippen LogP contribution in [0, 0.1) is 5.92 Å². The summed E-state index contributed by atoms with van der Waals surface area (Å²) in [6.07, 6.45) is 5.69. The largest absolute Gasteiger partial charge is 0.466 e. The summed E-state index contributed by atoms with van der Waals surface area (Å²) >= 11 is 0. The summed E-state index contributed by atoms with van der Waals surface area (Å²) < 4.78 is 5.06. The fourth-order valence-electron chi connectivity index (χ4n) is 2.87. The van der Waals surface area contributed by atoms with E-state index in [4.69, 9.17) is 9.57 Å². The molecule has 0 aliphatic heterocycles. The van der Waals surface area contributed by atoms with Crippen molar-refractivity contribution < 1.29 is 14.4 Å². The predicted octanol–water partition coefficient (Wildman–Crippen LogP) is 3.22. The van der Waals surface area contributed by atoms with Crippen molar-refractivity contribution in [1.82, 2.24) is 5.48 Å². The van der Waals surface area contributed by atoms with Crippen molar-refractivity contribution in [1.29, 1.82) is 0 Å². The molecule has 0 bridgehead atoms. The minimum absolute atomic E-state index is 0.198. The van der Waals surface area contributed by atoms with Crippen LogP contribution in [0.4, 0.5) is 0 Å². The molecule has 1 N–H and O–H groups in total. The maximum Gasteiger partial charge on any atom is 0.302 e. The molecule has 0 amide bonds. The highest BCUT2D eigenvalue weighted by Crippen LogP contribution is 2.27. The van der Waals surface area contributed by atoms with Crippen LogP contribution in [0.3, 0.4) is 0 Å². The van der Waals surface area contributed by atoms with Gasteiger partial charge in [0.2, 0.25) is 0 Å². The Hall–Kier alpha value is -1.39. The van der Waals surface area contributed by atoms with Gasteiger partial charge in [0.25, 0.3) is 0 Å². The molecule has 1 aliphatic carbocycles. The molecule has 4 nitrogen and oxygen atoms in total. The average Bonchev–Trinajstić information content (AvgIpc) is 2.49. The molecule has 1 aliphatic rings. The van der Waals surface area contributed by atoms with Crippen molar-refractivity contribution in [2.24, 2.45) is 5.92 Å². The summed E-state index contributed by atoms with van der Waals surface area (Å²) in [6.45, 7) is 2.55. The first kappa shape index (κ1) is 16.0. The van der Waals surface area contributed by atoms with Gasteiger partial charge in [0.15, 0.2) is 0 Å². The molecule has 2 rings (SSSR count). The van der Waals surface area contributed by atoms with Gasteiger partial charge >= 0.3 is 5.97 Å². The van der Waals surface area contributed by atoms with Crippen molar-refractivity contribution in [3.05, 3.63) is 35.9 Å². The van der Waals surface area contributed by atoms with Gasteiger partial charge in [-0.3, -0.25) is 9.63 Å². The molecule has 0 radical (unpaired) electrons. The number of carbonyl (C=O) groups is 1. The first-order valence-corrected chi connectivity index (χ1v) is 7.80. The first-order chi connectivity index (χ1) is 10.3. The summed E-state index contributed by atoms with van der Waals surface area (Å²) in [4.78, 5) is 16.5. The molecule has 0 saturated heterocycles. The Morgan fingerprint density at radius 1 is 1.24 bits per heavy atom. The minimum Gasteiger partial charge on any atom is -0.466 e. The number of esters is 1. The molecular weight excluding hydrogens is 266 g/mol. The molecule has 1 fully saturated rings. The van der Waals surface area contributed by atoms with Crippen LogP contribution in [0.5, 0.6) is 0 Å². The van der Waals surface area contributed by atoms with Crippen molar-refractivity contribution >= 4 is 5.97 Å². The quantitative estimate of drug-likeness (QED) is 0.619. The summed E-state index contributed by atoms with van der Waals surface area (Å²) in [7, 11) is 0. The Bertz CT molecular complexity index is 421. The Labute approximate surface area is 126 Å². The fourth-order valence-corrected chi connectivity index (χ4v) is 2.87. The van der Waals surface area contributed by atoms with Crippen LogP contribution >= 0.6 is 0 Å². The van der Waals surface area contributed by atoms with Gasteiger partial charge in [-0.15, -0.1) is 0 Å². The zero-order valence-electron chi connectivity index (χ0n) is 12.7. The van der Waals surface area contributed by atoms with Crippen molar-refractivity contribution in [3.63, 3.8) is 0 Å². The van der Waals surface area contributed by atoms with Gasteiger partial charge < -0.3 is 4.74 Å². The second-order valence-corrected chi connectivity index (χ2v) is 5.67. The molecule has 116 valence electrons. The second kappa shape index (κ2) is 8.80. The Morgan fingerprint density at radius 3 is 2.76 bits per heavy atom. The van der Waals surface area contributed by atoms with Gasteiger partial charge in [-0.1, -0.05) is 43.2 Å². The summed E-state index contributed by atoms with van der Waals surface area (Å²) in [5.74, 6) is 0.324. The van der Waals surface area contributed by atoms with Crippen molar-refractivity contribution in [2.45, 2.75) is 51.7 Å². The molecule has 0 heterocycles.